The van der Waals surface area contributed by atoms with Gasteiger partial charge in [0.2, 0.25) is 0 Å². The summed E-state index contributed by atoms with van der Waals surface area (Å²) in [5.74, 6) is -1.87. The maximum Gasteiger partial charge on any atom is 0.163 e. The standard InChI is InChI=1S/C14H10ClF2N5O/c15-7-5-19-14(20-6-7)13(23)11-4-12(18)21-22(11)8-1-2-9(16)10(17)3-8/h1-6,13,23H,(H2,18,21). The molecule has 0 bridgehead atoms. The third kappa shape index (κ3) is 2.99. The molecule has 118 valence electrons. The van der Waals surface area contributed by atoms with E-state index in [1.807, 2.05) is 0 Å². The van der Waals surface area contributed by atoms with Crippen LogP contribution in [0.15, 0.2) is 36.7 Å². The molecule has 2 aromatic heterocycles. The molecule has 0 aliphatic heterocycles. The number of aromatic nitrogens is 4. The Morgan fingerprint density at radius 1 is 1.13 bits per heavy atom. The highest BCUT2D eigenvalue weighted by atomic mass is 35.5. The summed E-state index contributed by atoms with van der Waals surface area (Å²) >= 11 is 5.70. The molecule has 1 aromatic carbocycles. The van der Waals surface area contributed by atoms with E-state index < -0.39 is 17.7 Å². The van der Waals surface area contributed by atoms with Crippen LogP contribution in [0.2, 0.25) is 5.02 Å². The molecule has 0 saturated carbocycles. The van der Waals surface area contributed by atoms with Gasteiger partial charge < -0.3 is 10.8 Å². The Labute approximate surface area is 134 Å². The van der Waals surface area contributed by atoms with Crippen LogP contribution in [0.4, 0.5) is 14.6 Å². The molecule has 2 heterocycles. The van der Waals surface area contributed by atoms with E-state index in [0.717, 1.165) is 12.1 Å². The zero-order chi connectivity index (χ0) is 16.6. The molecular weight excluding hydrogens is 328 g/mol. The number of nitrogen functional groups attached to an aromatic ring is 1. The van der Waals surface area contributed by atoms with Gasteiger partial charge in [-0.25, -0.2) is 23.4 Å². The topological polar surface area (TPSA) is 89.9 Å². The summed E-state index contributed by atoms with van der Waals surface area (Å²) in [5.41, 5.74) is 6.05. The number of aliphatic hydroxyl groups excluding tert-OH is 1. The highest BCUT2D eigenvalue weighted by Crippen LogP contribution is 2.25. The Kier molecular flexibility index (Phi) is 3.93. The molecule has 0 spiro atoms. The van der Waals surface area contributed by atoms with Crippen molar-refractivity contribution in [2.75, 3.05) is 5.73 Å². The molecular formula is C14H10ClF2N5O. The predicted molar refractivity (Wildman–Crippen MR) is 79.0 cm³/mol. The van der Waals surface area contributed by atoms with E-state index in [0.29, 0.717) is 5.02 Å². The Morgan fingerprint density at radius 2 is 1.83 bits per heavy atom. The van der Waals surface area contributed by atoms with Crippen molar-refractivity contribution in [3.05, 3.63) is 64.8 Å². The van der Waals surface area contributed by atoms with E-state index in [9.17, 15) is 13.9 Å². The van der Waals surface area contributed by atoms with E-state index in [1.54, 1.807) is 0 Å². The number of rotatable bonds is 3. The number of halogens is 3. The normalized spacial score (nSPS) is 12.3. The van der Waals surface area contributed by atoms with Gasteiger partial charge >= 0.3 is 0 Å². The van der Waals surface area contributed by atoms with Gasteiger partial charge in [0.1, 0.15) is 5.82 Å². The maximum atomic E-state index is 13.4. The molecule has 1 unspecified atom stereocenters. The van der Waals surface area contributed by atoms with E-state index in [-0.39, 0.29) is 23.0 Å². The molecule has 0 saturated heterocycles. The second-order valence-corrected chi connectivity index (χ2v) is 5.10. The fourth-order valence-corrected chi connectivity index (χ4v) is 2.13. The number of nitrogens with zero attached hydrogens (tertiary/aromatic N) is 4. The molecule has 0 fully saturated rings. The lowest BCUT2D eigenvalue weighted by atomic mass is 10.2. The molecule has 0 radical (unpaired) electrons. The summed E-state index contributed by atoms with van der Waals surface area (Å²) in [4.78, 5) is 7.84. The summed E-state index contributed by atoms with van der Waals surface area (Å²) < 4.78 is 27.7. The average Bonchev–Trinajstić information content (AvgIpc) is 2.92. The van der Waals surface area contributed by atoms with Gasteiger partial charge in [0.05, 0.1) is 16.4 Å². The summed E-state index contributed by atoms with van der Waals surface area (Å²) in [6.45, 7) is 0. The number of hydrogen-bond acceptors (Lipinski definition) is 5. The molecule has 23 heavy (non-hydrogen) atoms. The van der Waals surface area contributed by atoms with Gasteiger partial charge in [-0.3, -0.25) is 0 Å². The summed E-state index contributed by atoms with van der Waals surface area (Å²) in [7, 11) is 0. The first-order chi connectivity index (χ1) is 11.0. The molecule has 9 heteroatoms. The first-order valence-corrected chi connectivity index (χ1v) is 6.80. The quantitative estimate of drug-likeness (QED) is 0.765. The highest BCUT2D eigenvalue weighted by molar-refractivity contribution is 6.30. The fourth-order valence-electron chi connectivity index (χ4n) is 2.03. The predicted octanol–water partition coefficient (Wildman–Crippen LogP) is 2.26. The average molecular weight is 338 g/mol. The van der Waals surface area contributed by atoms with Crippen molar-refractivity contribution < 1.29 is 13.9 Å². The minimum atomic E-state index is -1.27. The fraction of sp³-hybridized carbons (Fsp3) is 0.0714. The van der Waals surface area contributed by atoms with Crippen LogP contribution in [0.3, 0.4) is 0 Å². The van der Waals surface area contributed by atoms with E-state index in [2.05, 4.69) is 15.1 Å². The Morgan fingerprint density at radius 3 is 2.48 bits per heavy atom. The molecule has 0 aliphatic rings. The van der Waals surface area contributed by atoms with Crippen LogP contribution in [0.1, 0.15) is 17.6 Å². The number of anilines is 1. The van der Waals surface area contributed by atoms with E-state index in [1.165, 1.54) is 29.2 Å². The molecule has 0 aliphatic carbocycles. The zero-order valence-electron chi connectivity index (χ0n) is 11.5. The van der Waals surface area contributed by atoms with Gasteiger partial charge in [-0.15, -0.1) is 0 Å². The van der Waals surface area contributed by atoms with Crippen LogP contribution in [0.5, 0.6) is 0 Å². The molecule has 0 amide bonds. The summed E-state index contributed by atoms with van der Waals surface area (Å²) in [6.07, 6.45) is 1.38. The molecule has 1 atom stereocenters. The SMILES string of the molecule is Nc1cc(C(O)c2ncc(Cl)cn2)n(-c2ccc(F)c(F)c2)n1. The van der Waals surface area contributed by atoms with Crippen LogP contribution >= 0.6 is 11.6 Å². The van der Waals surface area contributed by atoms with Crippen molar-refractivity contribution in [3.8, 4) is 5.69 Å². The van der Waals surface area contributed by atoms with Crippen molar-refractivity contribution in [1.82, 2.24) is 19.7 Å². The summed E-state index contributed by atoms with van der Waals surface area (Å²) in [6, 6.07) is 4.60. The number of nitrogens with two attached hydrogens (primary N) is 1. The molecule has 3 rings (SSSR count). The minimum absolute atomic E-state index is 0.0677. The van der Waals surface area contributed by atoms with Crippen LogP contribution in [0, 0.1) is 11.6 Å². The van der Waals surface area contributed by atoms with Crippen molar-refractivity contribution in [2.24, 2.45) is 0 Å². The highest BCUT2D eigenvalue weighted by Gasteiger charge is 2.21. The number of benzene rings is 1. The van der Waals surface area contributed by atoms with Gasteiger partial charge in [0, 0.05) is 24.5 Å². The zero-order valence-corrected chi connectivity index (χ0v) is 12.2. The Balaban J connectivity index is 2.06. The lowest BCUT2D eigenvalue weighted by Gasteiger charge is -2.12. The van der Waals surface area contributed by atoms with Crippen LogP contribution in [-0.2, 0) is 0 Å². The Hall–Kier alpha value is -2.58. The molecule has 6 nitrogen and oxygen atoms in total. The monoisotopic (exact) mass is 337 g/mol. The van der Waals surface area contributed by atoms with Gasteiger partial charge in [0.15, 0.2) is 23.6 Å². The van der Waals surface area contributed by atoms with E-state index >= 15 is 0 Å². The maximum absolute atomic E-state index is 13.4. The Bertz CT molecular complexity index is 853. The third-order valence-corrected chi connectivity index (χ3v) is 3.26. The largest absolute Gasteiger partial charge is 0.382 e. The van der Waals surface area contributed by atoms with E-state index in [4.69, 9.17) is 17.3 Å². The van der Waals surface area contributed by atoms with Crippen LogP contribution in [-0.4, -0.2) is 24.9 Å². The smallest absolute Gasteiger partial charge is 0.163 e. The van der Waals surface area contributed by atoms with Crippen LogP contribution in [0.25, 0.3) is 5.69 Å². The first-order valence-electron chi connectivity index (χ1n) is 6.42. The first kappa shape index (κ1) is 15.3. The third-order valence-electron chi connectivity index (χ3n) is 3.07. The van der Waals surface area contributed by atoms with Crippen molar-refractivity contribution >= 4 is 17.4 Å². The lowest BCUT2D eigenvalue weighted by Crippen LogP contribution is -2.11. The van der Waals surface area contributed by atoms with Crippen molar-refractivity contribution in [3.63, 3.8) is 0 Å². The minimum Gasteiger partial charge on any atom is -0.382 e. The van der Waals surface area contributed by atoms with Crippen molar-refractivity contribution in [2.45, 2.75) is 6.10 Å². The van der Waals surface area contributed by atoms with Gasteiger partial charge in [-0.2, -0.15) is 5.10 Å². The lowest BCUT2D eigenvalue weighted by molar-refractivity contribution is 0.201. The van der Waals surface area contributed by atoms with Crippen LogP contribution < -0.4 is 5.73 Å². The second kappa shape index (κ2) is 5.90. The number of aliphatic hydroxyl groups is 1. The van der Waals surface area contributed by atoms with Gasteiger partial charge in [-0.1, -0.05) is 11.6 Å². The summed E-state index contributed by atoms with van der Waals surface area (Å²) in [5, 5.41) is 14.7. The van der Waals surface area contributed by atoms with Crippen molar-refractivity contribution in [1.29, 1.82) is 0 Å². The second-order valence-electron chi connectivity index (χ2n) is 4.67. The number of hydrogen-bond donors (Lipinski definition) is 2. The molecule has 3 N–H and O–H groups in total. The van der Waals surface area contributed by atoms with Gasteiger partial charge in [0.25, 0.3) is 0 Å². The van der Waals surface area contributed by atoms with Gasteiger partial charge in [-0.05, 0) is 12.1 Å². The molecule has 3 aromatic rings.